The molecule has 0 aliphatic rings. The van der Waals surface area contributed by atoms with Gasteiger partial charge in [0.25, 0.3) is 5.91 Å². The second-order valence-corrected chi connectivity index (χ2v) is 5.23. The van der Waals surface area contributed by atoms with Gasteiger partial charge in [-0.3, -0.25) is 9.59 Å². The molecule has 1 atom stereocenters. The zero-order valence-electron chi connectivity index (χ0n) is 12.6. The lowest BCUT2D eigenvalue weighted by molar-refractivity contribution is -0.255. The fourth-order valence-electron chi connectivity index (χ4n) is 1.84. The van der Waals surface area contributed by atoms with Crippen molar-refractivity contribution in [3.8, 4) is 0 Å². The van der Waals surface area contributed by atoms with E-state index in [-0.39, 0.29) is 17.9 Å². The SMILES string of the molecule is CCN(CC(C)(O)C(F)(F)F)C(=O)c1cccc(C(C)=O)c1. The van der Waals surface area contributed by atoms with E-state index in [1.54, 1.807) is 0 Å². The summed E-state index contributed by atoms with van der Waals surface area (Å²) in [5.74, 6) is -0.921. The molecule has 0 radical (unpaired) electrons. The van der Waals surface area contributed by atoms with Crippen molar-refractivity contribution in [2.24, 2.45) is 0 Å². The fraction of sp³-hybridized carbons (Fsp3) is 0.467. The van der Waals surface area contributed by atoms with Gasteiger partial charge in [-0.05, 0) is 32.9 Å². The quantitative estimate of drug-likeness (QED) is 0.850. The highest BCUT2D eigenvalue weighted by Crippen LogP contribution is 2.31. The summed E-state index contributed by atoms with van der Waals surface area (Å²) in [6.45, 7) is 2.58. The number of Topliss-reactive ketones (excluding diaryl/α,β-unsaturated/α-hetero) is 1. The Bertz CT molecular complexity index is 567. The average molecular weight is 317 g/mol. The van der Waals surface area contributed by atoms with E-state index in [0.29, 0.717) is 12.5 Å². The van der Waals surface area contributed by atoms with Crippen molar-refractivity contribution in [1.29, 1.82) is 0 Å². The molecule has 122 valence electrons. The lowest BCUT2D eigenvalue weighted by atomic mass is 10.0. The summed E-state index contributed by atoms with van der Waals surface area (Å²) in [5.41, 5.74) is -2.60. The molecule has 1 aromatic rings. The Morgan fingerprint density at radius 1 is 1.23 bits per heavy atom. The molecule has 0 bridgehead atoms. The van der Waals surface area contributed by atoms with Gasteiger partial charge in [0.2, 0.25) is 0 Å². The van der Waals surface area contributed by atoms with Crippen molar-refractivity contribution in [2.75, 3.05) is 13.1 Å². The fourth-order valence-corrected chi connectivity index (χ4v) is 1.84. The van der Waals surface area contributed by atoms with Crippen LogP contribution in [0.2, 0.25) is 0 Å². The third-order valence-corrected chi connectivity index (χ3v) is 3.29. The molecule has 4 nitrogen and oxygen atoms in total. The minimum absolute atomic E-state index is 0.00460. The molecular formula is C15H18F3NO3. The Morgan fingerprint density at radius 2 is 1.77 bits per heavy atom. The minimum Gasteiger partial charge on any atom is -0.379 e. The zero-order valence-corrected chi connectivity index (χ0v) is 12.6. The van der Waals surface area contributed by atoms with Crippen molar-refractivity contribution >= 4 is 11.7 Å². The molecule has 1 amide bonds. The number of hydrogen-bond acceptors (Lipinski definition) is 3. The number of benzene rings is 1. The molecule has 7 heteroatoms. The highest BCUT2D eigenvalue weighted by molar-refractivity contribution is 5.99. The van der Waals surface area contributed by atoms with Crippen molar-refractivity contribution in [2.45, 2.75) is 32.5 Å². The highest BCUT2D eigenvalue weighted by Gasteiger charge is 2.51. The molecule has 0 aromatic heterocycles. The molecule has 0 saturated carbocycles. The van der Waals surface area contributed by atoms with Crippen LogP contribution in [-0.2, 0) is 0 Å². The summed E-state index contributed by atoms with van der Waals surface area (Å²) in [7, 11) is 0. The van der Waals surface area contributed by atoms with Crippen molar-refractivity contribution < 1.29 is 27.9 Å². The van der Waals surface area contributed by atoms with Crippen LogP contribution in [-0.4, -0.2) is 46.6 Å². The second-order valence-electron chi connectivity index (χ2n) is 5.23. The van der Waals surface area contributed by atoms with E-state index in [1.165, 1.54) is 38.1 Å². The number of nitrogens with zero attached hydrogens (tertiary/aromatic N) is 1. The molecular weight excluding hydrogens is 299 g/mol. The van der Waals surface area contributed by atoms with Crippen molar-refractivity contribution in [3.05, 3.63) is 35.4 Å². The van der Waals surface area contributed by atoms with Gasteiger partial charge in [-0.1, -0.05) is 12.1 Å². The Balaban J connectivity index is 3.03. The molecule has 1 unspecified atom stereocenters. The molecule has 0 saturated heterocycles. The number of aliphatic hydroxyl groups is 1. The highest BCUT2D eigenvalue weighted by atomic mass is 19.4. The van der Waals surface area contributed by atoms with Gasteiger partial charge in [0.15, 0.2) is 11.4 Å². The first-order chi connectivity index (χ1) is 9.99. The predicted octanol–water partition coefficient (Wildman–Crippen LogP) is 2.66. The molecule has 0 aliphatic heterocycles. The van der Waals surface area contributed by atoms with Crippen LogP contribution in [0, 0.1) is 0 Å². The third-order valence-electron chi connectivity index (χ3n) is 3.29. The van der Waals surface area contributed by atoms with Crippen molar-refractivity contribution in [1.82, 2.24) is 4.90 Å². The topological polar surface area (TPSA) is 57.6 Å². The van der Waals surface area contributed by atoms with Gasteiger partial charge in [0.1, 0.15) is 0 Å². The number of rotatable bonds is 5. The standard InChI is InChI=1S/C15H18F3NO3/c1-4-19(9-14(3,22)15(16,17)18)13(21)12-7-5-6-11(8-12)10(2)20/h5-8,22H,4,9H2,1-3H3. The number of carbonyl (C=O) groups excluding carboxylic acids is 2. The van der Waals surface area contributed by atoms with Gasteiger partial charge >= 0.3 is 6.18 Å². The first-order valence-corrected chi connectivity index (χ1v) is 6.69. The van der Waals surface area contributed by atoms with E-state index in [1.807, 2.05) is 0 Å². The number of likely N-dealkylation sites (N-methyl/N-ethyl adjacent to an activating group) is 1. The van der Waals surface area contributed by atoms with E-state index in [4.69, 9.17) is 0 Å². The molecule has 0 heterocycles. The van der Waals surface area contributed by atoms with Crippen LogP contribution in [0.5, 0.6) is 0 Å². The van der Waals surface area contributed by atoms with E-state index in [2.05, 4.69) is 0 Å². The number of ketones is 1. The minimum atomic E-state index is -4.85. The Kier molecular flexibility index (Phi) is 5.35. The van der Waals surface area contributed by atoms with Crippen LogP contribution in [0.15, 0.2) is 24.3 Å². The normalized spacial score (nSPS) is 14.3. The summed E-state index contributed by atoms with van der Waals surface area (Å²) in [4.78, 5) is 24.5. The van der Waals surface area contributed by atoms with Crippen LogP contribution in [0.3, 0.4) is 0 Å². The van der Waals surface area contributed by atoms with E-state index < -0.39 is 24.2 Å². The Labute approximate surface area is 126 Å². The maximum Gasteiger partial charge on any atom is 0.418 e. The lowest BCUT2D eigenvalue weighted by Crippen LogP contribution is -2.52. The van der Waals surface area contributed by atoms with Gasteiger partial charge < -0.3 is 10.0 Å². The summed E-state index contributed by atoms with van der Waals surface area (Å²) in [6.07, 6.45) is -4.85. The number of amides is 1. The third kappa shape index (κ3) is 4.07. The van der Waals surface area contributed by atoms with Gasteiger partial charge in [-0.25, -0.2) is 0 Å². The first-order valence-electron chi connectivity index (χ1n) is 6.69. The number of alkyl halides is 3. The number of halogens is 3. The van der Waals surface area contributed by atoms with E-state index >= 15 is 0 Å². The van der Waals surface area contributed by atoms with Gasteiger partial charge in [0.05, 0.1) is 6.54 Å². The number of hydrogen-bond donors (Lipinski definition) is 1. The molecule has 0 spiro atoms. The zero-order chi connectivity index (χ0) is 17.1. The summed E-state index contributed by atoms with van der Waals surface area (Å²) >= 11 is 0. The molecule has 1 rings (SSSR count). The molecule has 1 aromatic carbocycles. The van der Waals surface area contributed by atoms with Gasteiger partial charge in [0, 0.05) is 17.7 Å². The maximum atomic E-state index is 12.7. The molecule has 0 fully saturated rings. The maximum absolute atomic E-state index is 12.7. The van der Waals surface area contributed by atoms with Crippen LogP contribution >= 0.6 is 0 Å². The van der Waals surface area contributed by atoms with Crippen LogP contribution in [0.25, 0.3) is 0 Å². The lowest BCUT2D eigenvalue weighted by Gasteiger charge is -2.32. The van der Waals surface area contributed by atoms with Crippen LogP contribution in [0.1, 0.15) is 41.5 Å². The van der Waals surface area contributed by atoms with Gasteiger partial charge in [-0.15, -0.1) is 0 Å². The molecule has 1 N–H and O–H groups in total. The van der Waals surface area contributed by atoms with E-state index in [0.717, 1.165) is 4.90 Å². The monoisotopic (exact) mass is 317 g/mol. The van der Waals surface area contributed by atoms with Crippen molar-refractivity contribution in [3.63, 3.8) is 0 Å². The van der Waals surface area contributed by atoms with E-state index in [9.17, 15) is 27.9 Å². The average Bonchev–Trinajstić information content (AvgIpc) is 2.43. The predicted molar refractivity (Wildman–Crippen MR) is 74.7 cm³/mol. The first kappa shape index (κ1) is 18.2. The summed E-state index contributed by atoms with van der Waals surface area (Å²) in [5, 5.41) is 9.52. The second kappa shape index (κ2) is 6.48. The van der Waals surface area contributed by atoms with Crippen LogP contribution in [0.4, 0.5) is 13.2 Å². The van der Waals surface area contributed by atoms with Gasteiger partial charge in [-0.2, -0.15) is 13.2 Å². The van der Waals surface area contributed by atoms with Crippen LogP contribution < -0.4 is 0 Å². The Morgan fingerprint density at radius 3 is 2.23 bits per heavy atom. The smallest absolute Gasteiger partial charge is 0.379 e. The summed E-state index contributed by atoms with van der Waals surface area (Å²) in [6, 6.07) is 5.75. The molecule has 0 aliphatic carbocycles. The molecule has 22 heavy (non-hydrogen) atoms. The summed E-state index contributed by atoms with van der Waals surface area (Å²) < 4.78 is 38.2. The number of carbonyl (C=O) groups is 2. The Hall–Kier alpha value is -1.89. The largest absolute Gasteiger partial charge is 0.418 e.